The molecule has 0 nitrogen and oxygen atoms in total. The normalized spacial score (nSPS) is 13.4. The Morgan fingerprint density at radius 1 is 0.643 bits per heavy atom. The summed E-state index contributed by atoms with van der Waals surface area (Å²) < 4.78 is -1.14. The van der Waals surface area contributed by atoms with Gasteiger partial charge in [0.15, 0.2) is 3.96 Å². The van der Waals surface area contributed by atoms with Crippen LogP contribution in [0.5, 0.6) is 0 Å². The fraction of sp³-hybridized carbons (Fsp3) is 0.826. The van der Waals surface area contributed by atoms with Crippen molar-refractivity contribution < 1.29 is 0 Å². The molecule has 28 heavy (non-hydrogen) atoms. The van der Waals surface area contributed by atoms with Gasteiger partial charge in [0.2, 0.25) is 0 Å². The third-order valence-electron chi connectivity index (χ3n) is 5.26. The lowest BCUT2D eigenvalue weighted by atomic mass is 9.83. The molecule has 0 fully saturated rings. The Bertz CT molecular complexity index is 395. The maximum absolute atomic E-state index is 6.78. The highest BCUT2D eigenvalue weighted by atomic mass is 35.7. The molecule has 165 valence electrons. The van der Waals surface area contributed by atoms with Crippen LogP contribution in [0.3, 0.4) is 0 Å². The van der Waals surface area contributed by atoms with Gasteiger partial charge in [0.25, 0.3) is 0 Å². The molecule has 0 saturated heterocycles. The molecule has 0 aromatic heterocycles. The first-order valence-electron chi connectivity index (χ1n) is 11.3. The van der Waals surface area contributed by atoms with Crippen molar-refractivity contribution in [3.8, 4) is 0 Å². The highest BCUT2D eigenvalue weighted by molar-refractivity contribution is 7.39. The average Bonchev–Trinajstić information content (AvgIpc) is 2.66. The molecule has 0 aromatic carbocycles. The van der Waals surface area contributed by atoms with Crippen molar-refractivity contribution in [2.24, 2.45) is 5.41 Å². The molecule has 0 spiro atoms. The van der Waals surface area contributed by atoms with E-state index < -0.39 is 16.8 Å². The van der Waals surface area contributed by atoms with Crippen molar-refractivity contribution in [2.75, 3.05) is 0 Å². The zero-order valence-electron chi connectivity index (χ0n) is 18.2. The molecule has 0 rings (SSSR count). The third-order valence-corrected chi connectivity index (χ3v) is 10.9. The number of hydrogen-bond donors (Lipinski definition) is 0. The van der Waals surface area contributed by atoms with Crippen molar-refractivity contribution in [3.63, 3.8) is 0 Å². The Kier molecular flexibility index (Phi) is 18.1. The summed E-state index contributed by atoms with van der Waals surface area (Å²) in [5.41, 5.74) is -0.491. The number of allylic oxidation sites excluding steroid dienone is 4. The van der Waals surface area contributed by atoms with Gasteiger partial charge in [-0.25, -0.2) is 0 Å². The summed E-state index contributed by atoms with van der Waals surface area (Å²) in [5.74, 6) is 0. The van der Waals surface area contributed by atoms with Gasteiger partial charge in [-0.2, -0.15) is 0 Å². The van der Waals surface area contributed by atoms with Crippen LogP contribution in [0.15, 0.2) is 24.3 Å². The molecule has 0 unspecified atom stereocenters. The van der Waals surface area contributed by atoms with Gasteiger partial charge in [0.05, 0.1) is 0 Å². The third kappa shape index (κ3) is 11.3. The van der Waals surface area contributed by atoms with Crippen LogP contribution in [0.4, 0.5) is 0 Å². The number of halogens is 4. The molecule has 0 heterocycles. The quantitative estimate of drug-likeness (QED) is 0.0593. The van der Waals surface area contributed by atoms with E-state index in [0.717, 1.165) is 25.7 Å². The molecule has 0 aliphatic rings. The zero-order chi connectivity index (χ0) is 21.3. The van der Waals surface area contributed by atoms with Crippen LogP contribution in [-0.2, 0) is 0 Å². The molecule has 0 atom stereocenters. The van der Waals surface area contributed by atoms with Crippen molar-refractivity contribution >= 4 is 52.8 Å². The van der Waals surface area contributed by atoms with E-state index in [4.69, 9.17) is 45.4 Å². The minimum absolute atomic E-state index is 0.491. The molecule has 0 saturated carbocycles. The number of hydrogen-bond acceptors (Lipinski definition) is 0. The van der Waals surface area contributed by atoms with Crippen LogP contribution in [0, 0.1) is 5.41 Å². The van der Waals surface area contributed by atoms with Crippen LogP contribution in [0.2, 0.25) is 0 Å². The average molecular weight is 487 g/mol. The number of rotatable bonds is 18. The highest BCUT2D eigenvalue weighted by Crippen LogP contribution is 2.50. The molecule has 0 aromatic rings. The second kappa shape index (κ2) is 17.5. The number of unbranched alkanes of at least 4 members (excludes halogenated alkanes) is 10. The monoisotopic (exact) mass is 485 g/mol. The van der Waals surface area contributed by atoms with Gasteiger partial charge >= 0.3 is 7.42 Å². The smallest absolute Gasteiger partial charge is 0.143 e. The molecule has 0 aliphatic heterocycles. The molecule has 5 heteroatoms. The molecule has 0 amide bonds. The van der Waals surface area contributed by atoms with E-state index in [1.54, 1.807) is 0 Å². The first-order chi connectivity index (χ1) is 13.4. The Morgan fingerprint density at radius 3 is 1.43 bits per heavy atom. The Labute approximate surface area is 196 Å². The van der Waals surface area contributed by atoms with Gasteiger partial charge in [-0.05, 0) is 32.1 Å². The van der Waals surface area contributed by atoms with E-state index in [-0.39, 0.29) is 0 Å². The largest absolute Gasteiger partial charge is 0.312 e. The predicted octanol–water partition coefficient (Wildman–Crippen LogP) is 10.3. The van der Waals surface area contributed by atoms with Gasteiger partial charge < -0.3 is 0 Å². The van der Waals surface area contributed by atoms with Gasteiger partial charge in [0.1, 0.15) is 0 Å². The summed E-state index contributed by atoms with van der Waals surface area (Å²) >= 11 is 26.2. The van der Waals surface area contributed by atoms with Crippen molar-refractivity contribution in [1.82, 2.24) is 0 Å². The van der Waals surface area contributed by atoms with Crippen LogP contribution in [0.1, 0.15) is 111 Å². The highest BCUT2D eigenvalue weighted by Gasteiger charge is 2.51. The van der Waals surface area contributed by atoms with E-state index in [0.29, 0.717) is 0 Å². The predicted molar refractivity (Wildman–Crippen MR) is 134 cm³/mol. The molecular formula is C23H41Cl4Si. The summed E-state index contributed by atoms with van der Waals surface area (Å²) in [4.78, 5) is 0. The van der Waals surface area contributed by atoms with E-state index in [1.807, 2.05) is 0 Å². The van der Waals surface area contributed by atoms with E-state index >= 15 is 0 Å². The fourth-order valence-electron chi connectivity index (χ4n) is 3.50. The van der Waals surface area contributed by atoms with Crippen molar-refractivity contribution in [1.29, 1.82) is 0 Å². The van der Waals surface area contributed by atoms with E-state index in [2.05, 4.69) is 45.1 Å². The minimum Gasteiger partial charge on any atom is -0.143 e. The van der Waals surface area contributed by atoms with Gasteiger partial charge in [0, 0.05) is 5.41 Å². The summed E-state index contributed by atoms with van der Waals surface area (Å²) in [6.45, 7) is 6.64. The van der Waals surface area contributed by atoms with Gasteiger partial charge in [-0.1, -0.05) is 103 Å². The Morgan fingerprint density at radius 2 is 1.07 bits per heavy atom. The van der Waals surface area contributed by atoms with Crippen LogP contribution < -0.4 is 0 Å². The topological polar surface area (TPSA) is 0 Å². The Balaban J connectivity index is 5.06. The van der Waals surface area contributed by atoms with Crippen LogP contribution >= 0.6 is 45.4 Å². The fourth-order valence-corrected chi connectivity index (χ4v) is 5.64. The van der Waals surface area contributed by atoms with Crippen molar-refractivity contribution in [2.45, 2.75) is 115 Å². The van der Waals surface area contributed by atoms with E-state index in [9.17, 15) is 0 Å². The molecular weight excluding hydrogens is 446 g/mol. The maximum Gasteiger partial charge on any atom is 0.312 e. The van der Waals surface area contributed by atoms with Crippen LogP contribution in [0.25, 0.3) is 0 Å². The minimum atomic E-state index is -1.92. The van der Waals surface area contributed by atoms with E-state index in [1.165, 1.54) is 64.2 Å². The second-order valence-corrected chi connectivity index (χ2v) is 13.9. The summed E-state index contributed by atoms with van der Waals surface area (Å²) in [7, 11) is -1.92. The lowest BCUT2D eigenvalue weighted by molar-refractivity contribution is 0.446. The summed E-state index contributed by atoms with van der Waals surface area (Å²) in [6.07, 6.45) is 25.6. The van der Waals surface area contributed by atoms with Gasteiger partial charge in [-0.3, -0.25) is 0 Å². The SMILES string of the molecule is CCCCCCC/C=C/C(/C=C/CCCCCCC)(CCC)C(Cl)(Cl)[Si](Cl)Cl. The first-order valence-corrected chi connectivity index (χ1v) is 15.6. The molecule has 0 N–H and O–H groups in total. The van der Waals surface area contributed by atoms with Crippen molar-refractivity contribution in [3.05, 3.63) is 24.3 Å². The van der Waals surface area contributed by atoms with Gasteiger partial charge in [-0.15, -0.1) is 45.4 Å². The maximum atomic E-state index is 6.78. The second-order valence-electron chi connectivity index (χ2n) is 7.84. The zero-order valence-corrected chi connectivity index (χ0v) is 22.2. The lowest BCUT2D eigenvalue weighted by Crippen LogP contribution is -2.44. The molecule has 0 aliphatic carbocycles. The molecule has 0 bridgehead atoms. The summed E-state index contributed by atoms with van der Waals surface area (Å²) in [5, 5.41) is 0. The first kappa shape index (κ1) is 28.9. The standard InChI is InChI=1S/C23H41Cl4Si/c1-4-7-9-11-13-15-17-20-22(19-6-3,23(24,25)28(26)27)21-18-16-14-12-10-8-5-2/h17-18,20-21H,4-16,19H2,1-3H3/b20-17+,21-18+. The molecule has 1 radical (unpaired) electrons. The summed E-state index contributed by atoms with van der Waals surface area (Å²) in [6, 6.07) is 0. The van der Waals surface area contributed by atoms with Crippen LogP contribution in [-0.4, -0.2) is 11.4 Å². The lowest BCUT2D eigenvalue weighted by Gasteiger charge is -2.39. The Hall–Kier alpha value is 0.857. The number of alkyl halides is 2.